The molecule has 0 bridgehead atoms. The standard InChI is InChI=1S/C10H15ClN2/c1-8(2)13(3)10-7-12-5-4-9(10)6-11/h4-5,7-8H,6H2,1-3H3. The van der Waals surface area contributed by atoms with Crippen molar-refractivity contribution >= 4 is 17.3 Å². The Bertz CT molecular complexity index is 273. The Hall–Kier alpha value is -0.760. The molecule has 1 aromatic rings. The van der Waals surface area contributed by atoms with Crippen LogP contribution in [0.2, 0.25) is 0 Å². The fraction of sp³-hybridized carbons (Fsp3) is 0.500. The van der Waals surface area contributed by atoms with Crippen LogP contribution in [0.3, 0.4) is 0 Å². The zero-order chi connectivity index (χ0) is 9.84. The van der Waals surface area contributed by atoms with E-state index in [1.165, 1.54) is 0 Å². The third kappa shape index (κ3) is 2.34. The van der Waals surface area contributed by atoms with Crippen molar-refractivity contribution in [2.75, 3.05) is 11.9 Å². The van der Waals surface area contributed by atoms with Crippen LogP contribution >= 0.6 is 11.6 Å². The number of hydrogen-bond donors (Lipinski definition) is 0. The van der Waals surface area contributed by atoms with Crippen molar-refractivity contribution in [3.63, 3.8) is 0 Å². The van der Waals surface area contributed by atoms with Crippen molar-refractivity contribution in [3.8, 4) is 0 Å². The number of rotatable bonds is 3. The fourth-order valence-corrected chi connectivity index (χ4v) is 1.35. The van der Waals surface area contributed by atoms with E-state index in [-0.39, 0.29) is 0 Å². The third-order valence-corrected chi connectivity index (χ3v) is 2.47. The van der Waals surface area contributed by atoms with Gasteiger partial charge in [-0.1, -0.05) is 0 Å². The van der Waals surface area contributed by atoms with E-state index in [0.29, 0.717) is 11.9 Å². The lowest BCUT2D eigenvalue weighted by Crippen LogP contribution is -2.26. The zero-order valence-corrected chi connectivity index (χ0v) is 9.04. The summed E-state index contributed by atoms with van der Waals surface area (Å²) in [5, 5.41) is 0. The Kier molecular flexibility index (Phi) is 3.55. The maximum absolute atomic E-state index is 5.83. The summed E-state index contributed by atoms with van der Waals surface area (Å²) in [6.45, 7) is 4.29. The number of hydrogen-bond acceptors (Lipinski definition) is 2. The summed E-state index contributed by atoms with van der Waals surface area (Å²) in [6, 6.07) is 2.42. The lowest BCUT2D eigenvalue weighted by Gasteiger charge is -2.25. The van der Waals surface area contributed by atoms with Crippen molar-refractivity contribution in [1.29, 1.82) is 0 Å². The van der Waals surface area contributed by atoms with Gasteiger partial charge in [-0.25, -0.2) is 0 Å². The van der Waals surface area contributed by atoms with E-state index in [9.17, 15) is 0 Å². The van der Waals surface area contributed by atoms with E-state index < -0.39 is 0 Å². The normalized spacial score (nSPS) is 10.5. The molecule has 0 radical (unpaired) electrons. The van der Waals surface area contributed by atoms with Gasteiger partial charge in [0.25, 0.3) is 0 Å². The Labute approximate surface area is 84.5 Å². The van der Waals surface area contributed by atoms with Gasteiger partial charge in [0.1, 0.15) is 0 Å². The van der Waals surface area contributed by atoms with Crippen LogP contribution in [0.1, 0.15) is 19.4 Å². The van der Waals surface area contributed by atoms with Crippen LogP contribution in [0.15, 0.2) is 18.5 Å². The Morgan fingerprint density at radius 1 is 1.54 bits per heavy atom. The lowest BCUT2D eigenvalue weighted by atomic mass is 10.2. The van der Waals surface area contributed by atoms with Crippen molar-refractivity contribution in [2.24, 2.45) is 0 Å². The van der Waals surface area contributed by atoms with Gasteiger partial charge in [0.05, 0.1) is 11.9 Å². The minimum Gasteiger partial charge on any atom is -0.371 e. The molecule has 0 saturated heterocycles. The molecule has 1 heterocycles. The van der Waals surface area contributed by atoms with E-state index in [1.54, 1.807) is 6.20 Å². The third-order valence-electron chi connectivity index (χ3n) is 2.19. The van der Waals surface area contributed by atoms with Crippen LogP contribution in [-0.4, -0.2) is 18.1 Å². The van der Waals surface area contributed by atoms with Crippen LogP contribution in [0.4, 0.5) is 5.69 Å². The molecule has 13 heavy (non-hydrogen) atoms. The molecule has 0 N–H and O–H groups in total. The Morgan fingerprint density at radius 2 is 2.23 bits per heavy atom. The van der Waals surface area contributed by atoms with E-state index in [4.69, 9.17) is 11.6 Å². The van der Waals surface area contributed by atoms with Crippen LogP contribution in [0.5, 0.6) is 0 Å². The molecule has 0 fully saturated rings. The second kappa shape index (κ2) is 4.47. The first kappa shape index (κ1) is 10.3. The van der Waals surface area contributed by atoms with Gasteiger partial charge >= 0.3 is 0 Å². The molecule has 1 aromatic heterocycles. The molecule has 3 heteroatoms. The number of nitrogens with zero attached hydrogens (tertiary/aromatic N) is 2. The molecule has 0 saturated carbocycles. The number of anilines is 1. The van der Waals surface area contributed by atoms with Gasteiger partial charge < -0.3 is 4.90 Å². The minimum atomic E-state index is 0.464. The highest BCUT2D eigenvalue weighted by molar-refractivity contribution is 6.17. The number of aromatic nitrogens is 1. The topological polar surface area (TPSA) is 16.1 Å². The monoisotopic (exact) mass is 198 g/mol. The van der Waals surface area contributed by atoms with Gasteiger partial charge in [-0.3, -0.25) is 4.98 Å². The summed E-state index contributed by atoms with van der Waals surface area (Å²) in [5.41, 5.74) is 2.25. The van der Waals surface area contributed by atoms with Crippen molar-refractivity contribution in [1.82, 2.24) is 4.98 Å². The molecule has 0 aliphatic heterocycles. The highest BCUT2D eigenvalue weighted by Gasteiger charge is 2.08. The summed E-state index contributed by atoms with van der Waals surface area (Å²) in [5.74, 6) is 0.537. The molecule has 72 valence electrons. The average Bonchev–Trinajstić information content (AvgIpc) is 2.16. The average molecular weight is 199 g/mol. The van der Waals surface area contributed by atoms with E-state index in [2.05, 4.69) is 30.8 Å². The molecule has 0 amide bonds. The molecular weight excluding hydrogens is 184 g/mol. The van der Waals surface area contributed by atoms with Crippen molar-refractivity contribution in [3.05, 3.63) is 24.0 Å². The predicted molar refractivity (Wildman–Crippen MR) is 57.3 cm³/mol. The summed E-state index contributed by atoms with van der Waals surface area (Å²) < 4.78 is 0. The molecule has 0 atom stereocenters. The smallest absolute Gasteiger partial charge is 0.0597 e. The van der Waals surface area contributed by atoms with E-state index in [0.717, 1.165) is 11.3 Å². The molecule has 0 spiro atoms. The fourth-order valence-electron chi connectivity index (χ4n) is 1.12. The summed E-state index contributed by atoms with van der Waals surface area (Å²) >= 11 is 5.83. The number of halogens is 1. The summed E-state index contributed by atoms with van der Waals surface area (Å²) in [7, 11) is 2.05. The van der Waals surface area contributed by atoms with Crippen LogP contribution in [0.25, 0.3) is 0 Å². The number of pyridine rings is 1. The summed E-state index contributed by atoms with van der Waals surface area (Å²) in [6.07, 6.45) is 3.63. The minimum absolute atomic E-state index is 0.464. The van der Waals surface area contributed by atoms with Crippen molar-refractivity contribution in [2.45, 2.75) is 25.8 Å². The van der Waals surface area contributed by atoms with Crippen LogP contribution < -0.4 is 4.90 Å². The molecule has 0 aliphatic rings. The highest BCUT2D eigenvalue weighted by atomic mass is 35.5. The van der Waals surface area contributed by atoms with Gasteiger partial charge in [0.2, 0.25) is 0 Å². The zero-order valence-electron chi connectivity index (χ0n) is 8.29. The van der Waals surface area contributed by atoms with Gasteiger partial charge in [0, 0.05) is 25.2 Å². The second-order valence-corrected chi connectivity index (χ2v) is 3.61. The first-order valence-electron chi connectivity index (χ1n) is 4.38. The highest BCUT2D eigenvalue weighted by Crippen LogP contribution is 2.20. The largest absolute Gasteiger partial charge is 0.371 e. The molecule has 1 rings (SSSR count). The Morgan fingerprint density at radius 3 is 2.77 bits per heavy atom. The quantitative estimate of drug-likeness (QED) is 0.695. The molecule has 0 aliphatic carbocycles. The summed E-state index contributed by atoms with van der Waals surface area (Å²) in [4.78, 5) is 6.27. The number of alkyl halides is 1. The second-order valence-electron chi connectivity index (χ2n) is 3.34. The first-order valence-corrected chi connectivity index (χ1v) is 4.92. The maximum Gasteiger partial charge on any atom is 0.0597 e. The maximum atomic E-state index is 5.83. The predicted octanol–water partition coefficient (Wildman–Crippen LogP) is 2.67. The van der Waals surface area contributed by atoms with E-state index >= 15 is 0 Å². The van der Waals surface area contributed by atoms with Gasteiger partial charge in [-0.15, -0.1) is 11.6 Å². The van der Waals surface area contributed by atoms with Crippen LogP contribution in [0, 0.1) is 0 Å². The Balaban J connectivity index is 2.98. The molecule has 0 unspecified atom stereocenters. The van der Waals surface area contributed by atoms with Gasteiger partial charge in [-0.05, 0) is 25.5 Å². The lowest BCUT2D eigenvalue weighted by molar-refractivity contribution is 0.750. The molecule has 0 aromatic carbocycles. The van der Waals surface area contributed by atoms with Gasteiger partial charge in [0.15, 0.2) is 0 Å². The first-order chi connectivity index (χ1) is 6.16. The molecular formula is C10H15ClN2. The van der Waals surface area contributed by atoms with Crippen molar-refractivity contribution < 1.29 is 0 Å². The molecule has 2 nitrogen and oxygen atoms in total. The van der Waals surface area contributed by atoms with Crippen LogP contribution in [-0.2, 0) is 5.88 Å². The SMILES string of the molecule is CC(C)N(C)c1cnccc1CCl. The van der Waals surface area contributed by atoms with E-state index in [1.807, 2.05) is 12.3 Å². The van der Waals surface area contributed by atoms with Gasteiger partial charge in [-0.2, -0.15) is 0 Å².